The largest absolute Gasteiger partial charge is 0.469 e. The van der Waals surface area contributed by atoms with Gasteiger partial charge in [-0.3, -0.25) is 29.0 Å². The number of rotatable bonds is 8. The minimum absolute atomic E-state index is 0. The van der Waals surface area contributed by atoms with Crippen LogP contribution in [0.3, 0.4) is 0 Å². The molecule has 0 N–H and O–H groups in total. The van der Waals surface area contributed by atoms with Crippen molar-refractivity contribution in [3.05, 3.63) is 12.7 Å². The fraction of sp³-hybridized carbons (Fsp3) is 0.690. The molecular weight excluding hydrogens is 785 g/mol. The summed E-state index contributed by atoms with van der Waals surface area (Å²) >= 11 is 0. The number of carbonyl (C=O) groups is 6. The van der Waals surface area contributed by atoms with Gasteiger partial charge in [0, 0.05) is 78.0 Å². The summed E-state index contributed by atoms with van der Waals surface area (Å²) in [5.41, 5.74) is 0. The summed E-state index contributed by atoms with van der Waals surface area (Å²) in [5.74, 6) is -1.85. The van der Waals surface area contributed by atoms with Crippen LogP contribution < -0.4 is 0 Å². The molecule has 2 radical (unpaired) electrons. The van der Waals surface area contributed by atoms with E-state index in [-0.39, 0.29) is 69.4 Å². The maximum absolute atomic E-state index is 11.1. The Morgan fingerprint density at radius 2 is 1.47 bits per heavy atom. The number of amidine groups is 1. The second-order valence-electron chi connectivity index (χ2n) is 8.79. The van der Waals surface area contributed by atoms with Crippen LogP contribution >= 0.6 is 0 Å². The number of nitrogens with zero attached hydrogens (tertiary/aromatic N) is 2. The Kier molecular flexibility index (Phi) is 35.8. The summed E-state index contributed by atoms with van der Waals surface area (Å²) in [5, 5.41) is 0. The molecule has 43 heavy (non-hydrogen) atoms. The average molecular weight is 838 g/mol. The molecular formula is C29H51BN2O10U. The maximum atomic E-state index is 11.1. The Hall–Kier alpha value is -2.45. The van der Waals surface area contributed by atoms with Gasteiger partial charge in [-0.2, -0.15) is 0 Å². The van der Waals surface area contributed by atoms with E-state index in [1.807, 2.05) is 0 Å². The Morgan fingerprint density at radius 1 is 0.907 bits per heavy atom. The van der Waals surface area contributed by atoms with Crippen molar-refractivity contribution in [1.29, 1.82) is 1.34 Å². The Morgan fingerprint density at radius 3 is 1.88 bits per heavy atom. The molecule has 1 fully saturated rings. The fourth-order valence-electron chi connectivity index (χ4n) is 3.47. The second kappa shape index (κ2) is 32.5. The molecule has 12 nitrogen and oxygen atoms in total. The van der Waals surface area contributed by atoms with E-state index in [4.69, 9.17) is 1.34 Å². The molecule has 2 heterocycles. The van der Waals surface area contributed by atoms with Gasteiger partial charge in [0.05, 0.1) is 34.3 Å². The van der Waals surface area contributed by atoms with Crippen LogP contribution in [0.2, 0.25) is 0 Å². The van der Waals surface area contributed by atoms with E-state index in [0.29, 0.717) is 0 Å². The predicted molar refractivity (Wildman–Crippen MR) is 162 cm³/mol. The molecule has 2 aliphatic heterocycles. The molecule has 1 atom stereocenters. The molecule has 0 aromatic heterocycles. The number of ether oxygens (including phenoxy) is 4. The number of carbonyl (C=O) groups excluding carboxylic acids is 6. The Balaban J connectivity index is -0.000000155. The van der Waals surface area contributed by atoms with Gasteiger partial charge in [-0.05, 0) is 40.9 Å². The van der Waals surface area contributed by atoms with Crippen molar-refractivity contribution < 1.29 is 78.8 Å². The number of fused-ring (bicyclic) bond motifs is 1. The third kappa shape index (κ3) is 28.1. The molecule has 0 spiro atoms. The standard InChI is InChI=1S/C10H18N2.C9H14O5.C5H8O3.C4H6O2.CH4.BH.U/c1-2-4-8-12-9-5-7-11-10(12)6-3-1;1-6(10)7(9(12)14-3)4-5-8(11)13-2;1-4(6)3-5(7)8-2;1-3-4(5)6-2;;;/h1-9H2;7H,4-5H2,1-3H3;3H2,1-2H3;3H,1H2,2H3;1H4;1H;/i;;;;;1D;. The van der Waals surface area contributed by atoms with Gasteiger partial charge in [0.25, 0.3) is 0 Å². The van der Waals surface area contributed by atoms with Gasteiger partial charge in [0.2, 0.25) is 0 Å². The monoisotopic (exact) mass is 837 g/mol. The molecule has 244 valence electrons. The molecule has 1 saturated heterocycles. The molecule has 0 bridgehead atoms. The minimum atomic E-state index is -0.862. The van der Waals surface area contributed by atoms with Gasteiger partial charge < -0.3 is 23.8 Å². The Bertz CT molecular complexity index is 875. The van der Waals surface area contributed by atoms with Gasteiger partial charge in [0.15, 0.2) is 0 Å². The third-order valence-electron chi connectivity index (χ3n) is 5.65. The van der Waals surface area contributed by atoms with Crippen LogP contribution in [-0.2, 0) is 47.7 Å². The van der Waals surface area contributed by atoms with Crippen molar-refractivity contribution in [2.45, 2.75) is 79.1 Å². The maximum Gasteiger partial charge on any atom is 0.329 e. The van der Waals surface area contributed by atoms with E-state index in [2.05, 4.69) is 43.8 Å². The number of aliphatic imine (C=N–C) groups is 1. The van der Waals surface area contributed by atoms with E-state index >= 15 is 0 Å². The number of hydrogen-bond donors (Lipinski definition) is 0. The van der Waals surface area contributed by atoms with Crippen LogP contribution in [-0.4, -0.2) is 104 Å². The van der Waals surface area contributed by atoms with Gasteiger partial charge in [-0.25, -0.2) is 4.79 Å². The molecule has 2 rings (SSSR count). The molecule has 2 aliphatic rings. The summed E-state index contributed by atoms with van der Waals surface area (Å²) in [6.07, 6.45) is 9.23. The van der Waals surface area contributed by atoms with Crippen LogP contribution in [0.5, 0.6) is 0 Å². The first kappa shape index (κ1) is 47.5. The van der Waals surface area contributed by atoms with Gasteiger partial charge in [-0.1, -0.05) is 26.8 Å². The topological polar surface area (TPSA) is 155 Å². The summed E-state index contributed by atoms with van der Waals surface area (Å²) in [7, 11) is 8.77. The smallest absolute Gasteiger partial charge is 0.329 e. The van der Waals surface area contributed by atoms with Crippen LogP contribution in [0.4, 0.5) is 0 Å². The number of Topliss-reactive ketones (excluding diaryl/α,β-unsaturated/α-hetero) is 2. The van der Waals surface area contributed by atoms with Crippen LogP contribution in [0.1, 0.15) is 79.1 Å². The van der Waals surface area contributed by atoms with E-state index in [1.165, 1.54) is 99.7 Å². The zero-order valence-corrected chi connectivity index (χ0v) is 30.1. The van der Waals surface area contributed by atoms with E-state index < -0.39 is 29.8 Å². The molecule has 0 aromatic rings. The van der Waals surface area contributed by atoms with Crippen LogP contribution in [0, 0.1) is 37.0 Å². The average Bonchev–Trinajstić information content (AvgIpc) is 2.98. The van der Waals surface area contributed by atoms with Crippen LogP contribution in [0.15, 0.2) is 17.6 Å². The van der Waals surface area contributed by atoms with E-state index in [1.54, 1.807) is 0 Å². The minimum Gasteiger partial charge on any atom is -0.469 e. The van der Waals surface area contributed by atoms with Crippen molar-refractivity contribution in [3.8, 4) is 0 Å². The summed E-state index contributed by atoms with van der Waals surface area (Å²) in [6.45, 7) is 9.39. The summed E-state index contributed by atoms with van der Waals surface area (Å²) in [4.78, 5) is 70.0. The quantitative estimate of drug-likeness (QED) is 0.117. The van der Waals surface area contributed by atoms with Gasteiger partial charge >= 0.3 is 23.9 Å². The first-order chi connectivity index (χ1) is 20.0. The SMILES string of the molecule is C.C1CCCN2CCCN=C2CC1.C=CC(=O)OC.COC(=O)CC(C)=O.COC(=O)CCC(C(C)=O)C(=O)OC.[2H][B].[U]. The summed E-state index contributed by atoms with van der Waals surface area (Å²) < 4.78 is 22.4. The molecule has 1 unspecified atom stereocenters. The molecule has 14 heteroatoms. The number of ketones is 2. The molecule has 0 amide bonds. The first-order valence-corrected chi connectivity index (χ1v) is 13.2. The van der Waals surface area contributed by atoms with Crippen molar-refractivity contribution in [3.63, 3.8) is 0 Å². The van der Waals surface area contributed by atoms with Gasteiger partial charge in [-0.15, -0.1) is 0 Å². The normalized spacial score (nSPS) is 13.5. The number of esters is 4. The van der Waals surface area contributed by atoms with E-state index in [9.17, 15) is 28.8 Å². The zero-order valence-electron chi connectivity index (χ0n) is 26.9. The first-order valence-electron chi connectivity index (χ1n) is 13.7. The summed E-state index contributed by atoms with van der Waals surface area (Å²) in [6, 6.07) is 0. The number of methoxy groups -OCH3 is 4. The predicted octanol–water partition coefficient (Wildman–Crippen LogP) is 2.84. The second-order valence-corrected chi connectivity index (χ2v) is 8.79. The number of hydrogen-bond acceptors (Lipinski definition) is 12. The van der Waals surface area contributed by atoms with Gasteiger partial charge in [0.1, 0.15) is 23.9 Å². The third-order valence-corrected chi connectivity index (χ3v) is 5.65. The fourth-order valence-corrected chi connectivity index (χ4v) is 3.47. The van der Waals surface area contributed by atoms with Crippen molar-refractivity contribution in [2.24, 2.45) is 10.9 Å². The molecule has 0 aromatic carbocycles. The van der Waals surface area contributed by atoms with Crippen LogP contribution in [0.25, 0.3) is 0 Å². The molecule has 0 saturated carbocycles. The van der Waals surface area contributed by atoms with Crippen molar-refractivity contribution in [2.75, 3.05) is 48.1 Å². The Labute approximate surface area is 284 Å². The van der Waals surface area contributed by atoms with E-state index in [0.717, 1.165) is 12.6 Å². The molecule has 0 aliphatic carbocycles. The van der Waals surface area contributed by atoms with Crippen molar-refractivity contribution >= 4 is 49.7 Å². The zero-order chi connectivity index (χ0) is 32.9. The van der Waals surface area contributed by atoms with Crippen molar-refractivity contribution in [1.82, 2.24) is 4.90 Å².